The van der Waals surface area contributed by atoms with Gasteiger partial charge in [-0.3, -0.25) is 57.5 Å². The first-order chi connectivity index (χ1) is 60.7. The van der Waals surface area contributed by atoms with Crippen molar-refractivity contribution in [2.45, 2.75) is 257 Å². The van der Waals surface area contributed by atoms with E-state index in [0.29, 0.717) is 118 Å². The molecule has 678 valence electrons. The van der Waals surface area contributed by atoms with Gasteiger partial charge >= 0.3 is 5.97 Å². The van der Waals surface area contributed by atoms with E-state index in [1.165, 1.54) is 6.07 Å². The summed E-state index contributed by atoms with van der Waals surface area (Å²) < 4.78 is 0. The first-order valence-electron chi connectivity index (χ1n) is 44.9. The number of rotatable bonds is 24. The van der Waals surface area contributed by atoms with Crippen molar-refractivity contribution in [2.75, 3.05) is 19.6 Å². The quantitative estimate of drug-likeness (QED) is 0.0252. The molecule has 9 aliphatic carbocycles. The smallest absolute Gasteiger partial charge is 0.352 e. The molecule has 17 atom stereocenters. The van der Waals surface area contributed by atoms with E-state index in [0.717, 1.165) is 148 Å². The van der Waals surface area contributed by atoms with Crippen LogP contribution in [-0.2, 0) is 47.9 Å². The van der Waals surface area contributed by atoms with Gasteiger partial charge in [-0.2, -0.15) is 0 Å². The maximum Gasteiger partial charge on any atom is 0.352 e. The van der Waals surface area contributed by atoms with Crippen LogP contribution in [0, 0.1) is 53.3 Å². The number of carboxylic acid groups (broad SMARTS) is 1. The standard InChI is InChI=1S/C30H35Cl2N5O5.C30H33Cl2N5O5.C21H32N4O4.C9H5Cl2NO2/c2*31-16-9-20(32)19-11-23(34-21(19)10-16)29(42)37-13-14-2-1-3-18(14)24(37)27(40)35-22(25(38)28(41)33-17-4-5-17)8-15-12-30(6-7-30)36-26(15)39;26-17(20(29)23-13-4-5-13)15(8-12-9-21(6-7-21)25-18(12)27)24-19(28)16-14-3-1-2-11(14)10-22-16;10-4-1-6(11)5-3-8(9(13)14)12-7(5)2-4/h9-11,14-15,17-18,22,24-25,34,38H,1-8,12-13H2,(H,33,41)(H,35,40)(H,36,39);9-11,14-15,17-18,22,24,34H,1-8,12-13H2,(H,33,41)(H,35,40)(H,36,39);11-17,22,26H,1-10H2,(H,23,29)(H,24,28)(H,25,27);1-3,12H,(H,13,14)/t14-,15+,18-,22-,24-,25?;14-,15+,18-,22-,24-;11-,12+,14-,15-,16-,17?;/m000./s1. The molecular weight excluding hydrogens is 1760 g/mol. The number of carboxylic acids is 1. The summed E-state index contributed by atoms with van der Waals surface area (Å²) in [6.45, 7) is 1.71. The molecule has 37 heteroatoms. The molecule has 3 aromatic heterocycles. The molecular formula is C90H105Cl6N15O16. The molecule has 31 nitrogen and oxygen atoms in total. The van der Waals surface area contributed by atoms with Gasteiger partial charge in [0.1, 0.15) is 29.2 Å². The normalized spacial score (nSPS) is 28.3. The zero-order chi connectivity index (χ0) is 89.1. The lowest BCUT2D eigenvalue weighted by Gasteiger charge is -2.31. The number of nitrogens with one attached hydrogen (secondary N) is 13. The number of likely N-dealkylation sites (tertiary alicyclic amines) is 2. The Kier molecular flexibility index (Phi) is 24.8. The molecule has 6 aromatic rings. The number of ketones is 1. The van der Waals surface area contributed by atoms with Gasteiger partial charge in [0.2, 0.25) is 41.2 Å². The zero-order valence-electron chi connectivity index (χ0n) is 69.8. The number of carbonyl (C=O) groups is 13. The second-order valence-electron chi connectivity index (χ2n) is 38.7. The third-order valence-electron chi connectivity index (χ3n) is 29.4. The molecule has 15 aliphatic rings. The third kappa shape index (κ3) is 19.3. The number of fused-ring (bicyclic) bond motifs is 6. The number of hydrogen-bond acceptors (Lipinski definition) is 16. The van der Waals surface area contributed by atoms with Gasteiger partial charge in [-0.25, -0.2) is 4.79 Å². The van der Waals surface area contributed by atoms with Gasteiger partial charge in [-0.15, -0.1) is 0 Å². The van der Waals surface area contributed by atoms with Crippen molar-refractivity contribution >= 4 is 179 Å². The van der Waals surface area contributed by atoms with Crippen molar-refractivity contribution in [1.82, 2.24) is 77.9 Å². The molecule has 21 rings (SSSR count). The molecule has 16 N–H and O–H groups in total. The number of hydrogen-bond donors (Lipinski definition) is 16. The van der Waals surface area contributed by atoms with Crippen LogP contribution in [0.1, 0.15) is 205 Å². The van der Waals surface area contributed by atoms with Crippen LogP contribution in [0.2, 0.25) is 30.1 Å². The highest BCUT2D eigenvalue weighted by Crippen LogP contribution is 2.51. The number of aromatic amines is 3. The summed E-state index contributed by atoms with van der Waals surface area (Å²) in [4.78, 5) is 181. The molecule has 9 heterocycles. The highest BCUT2D eigenvalue weighted by Gasteiger charge is 2.59. The Morgan fingerprint density at radius 1 is 0.433 bits per heavy atom. The second-order valence-corrected chi connectivity index (χ2v) is 41.3. The Morgan fingerprint density at radius 2 is 0.803 bits per heavy atom. The van der Waals surface area contributed by atoms with Crippen LogP contribution in [0.15, 0.2) is 54.6 Å². The number of Topliss-reactive ketones (excluding diaryl/α,β-unsaturated/α-hetero) is 1. The average Bonchev–Trinajstić information content (AvgIpc) is 1.61. The first-order valence-corrected chi connectivity index (χ1v) is 47.2. The van der Waals surface area contributed by atoms with Crippen molar-refractivity contribution < 1.29 is 77.6 Å². The molecule has 6 aliphatic heterocycles. The largest absolute Gasteiger partial charge is 0.477 e. The fourth-order valence-electron chi connectivity index (χ4n) is 21.8. The van der Waals surface area contributed by atoms with Gasteiger partial charge in [-0.05, 0) is 251 Å². The van der Waals surface area contributed by atoms with Gasteiger partial charge in [0.25, 0.3) is 29.5 Å². The number of H-pyrrole nitrogens is 3. The van der Waals surface area contributed by atoms with Crippen LogP contribution >= 0.6 is 69.6 Å². The van der Waals surface area contributed by atoms with Crippen LogP contribution in [-0.4, -0.2) is 220 Å². The molecule has 127 heavy (non-hydrogen) atoms. The van der Waals surface area contributed by atoms with Gasteiger partial charge < -0.3 is 93.2 Å². The Balaban J connectivity index is 0.000000121. The summed E-state index contributed by atoms with van der Waals surface area (Å²) >= 11 is 36.7. The maximum atomic E-state index is 14.1. The van der Waals surface area contributed by atoms with Crippen LogP contribution in [0.5, 0.6) is 0 Å². The molecule has 3 aromatic carbocycles. The van der Waals surface area contributed by atoms with E-state index in [1.807, 2.05) is 0 Å². The van der Waals surface area contributed by atoms with Crippen molar-refractivity contribution in [1.29, 1.82) is 0 Å². The number of nitrogens with zero attached hydrogens (tertiary/aromatic N) is 2. The van der Waals surface area contributed by atoms with E-state index in [2.05, 4.69) is 68.1 Å². The van der Waals surface area contributed by atoms with Crippen LogP contribution in [0.3, 0.4) is 0 Å². The fraction of sp³-hybridized carbons (Fsp3) is 0.589. The lowest BCUT2D eigenvalue weighted by Crippen LogP contribution is -2.57. The van der Waals surface area contributed by atoms with Crippen molar-refractivity contribution in [3.05, 3.63) is 102 Å². The van der Waals surface area contributed by atoms with Crippen molar-refractivity contribution in [3.63, 3.8) is 0 Å². The highest BCUT2D eigenvalue weighted by atomic mass is 35.5. The van der Waals surface area contributed by atoms with Crippen molar-refractivity contribution in [2.24, 2.45) is 53.3 Å². The number of carbonyl (C=O) groups excluding carboxylic acids is 12. The lowest BCUT2D eigenvalue weighted by molar-refractivity contribution is -0.141. The average molecular weight is 1870 g/mol. The zero-order valence-corrected chi connectivity index (χ0v) is 74.3. The van der Waals surface area contributed by atoms with Gasteiger partial charge in [0, 0.05) is 113 Å². The number of halogens is 6. The predicted octanol–water partition coefficient (Wildman–Crippen LogP) is 8.74. The minimum Gasteiger partial charge on any atom is -0.477 e. The Hall–Kier alpha value is -8.79. The Labute approximate surface area is 761 Å². The maximum absolute atomic E-state index is 14.1. The highest BCUT2D eigenvalue weighted by molar-refractivity contribution is 6.41. The third-order valence-corrected chi connectivity index (χ3v) is 31.0. The van der Waals surface area contributed by atoms with E-state index in [4.69, 9.17) is 74.7 Å². The van der Waals surface area contributed by atoms with E-state index < -0.39 is 95.5 Å². The van der Waals surface area contributed by atoms with E-state index >= 15 is 0 Å². The monoisotopic (exact) mass is 1860 g/mol. The first kappa shape index (κ1) is 88.8. The minimum absolute atomic E-state index is 0.0219. The van der Waals surface area contributed by atoms with E-state index in [-0.39, 0.29) is 124 Å². The molecule has 0 bridgehead atoms. The minimum atomic E-state index is -1.51. The van der Waals surface area contributed by atoms with Crippen LogP contribution in [0.25, 0.3) is 32.7 Å². The molecule has 15 fully saturated rings. The molecule has 2 unspecified atom stereocenters. The van der Waals surface area contributed by atoms with Crippen molar-refractivity contribution in [3.8, 4) is 0 Å². The molecule has 9 saturated carbocycles. The molecule has 11 amide bonds. The number of aliphatic hydroxyl groups excluding tert-OH is 2. The summed E-state index contributed by atoms with van der Waals surface area (Å²) in [5.41, 5.74) is 2.14. The van der Waals surface area contributed by atoms with Crippen LogP contribution in [0.4, 0.5) is 0 Å². The SMILES string of the molecule is O=C(NC1CC1)C(=O)[C@H](C[C@@H]1CC2(CC2)NC1=O)NC(=O)[C@@H]1[C@H]2CCC[C@H]2CN1C(=O)c1cc2c(Cl)cc(Cl)cc2[nH]1.O=C(NC1CC1)C(O)[C@H](C[C@@H]1CC2(CC2)NC1=O)NC(=O)[C@@H]1[C@H]2CCC[C@H]2CN1C(=O)c1cc2c(Cl)cc(Cl)cc2[nH]1.O=C(NC1CC1)C(O)[C@H](C[C@@H]1CC2(CC2)NC1=O)NC(=O)[C@H]1NC[C@@H]2CCC[C@@H]21.O=C(O)c1cc2c(Cl)cc(Cl)cc2[nH]1. The number of amides is 11. The Morgan fingerprint density at radius 3 is 1.20 bits per heavy atom. The molecule has 3 spiro atoms. The van der Waals surface area contributed by atoms with E-state index in [1.54, 1.807) is 58.3 Å². The number of aromatic nitrogens is 3. The topological polar surface area (TPSA) is 457 Å². The summed E-state index contributed by atoms with van der Waals surface area (Å²) in [6.07, 6.45) is 19.1. The molecule has 6 saturated heterocycles. The number of benzene rings is 3. The summed E-state index contributed by atoms with van der Waals surface area (Å²) in [5, 5.41) is 64.8. The molecule has 0 radical (unpaired) electrons. The van der Waals surface area contributed by atoms with Gasteiger partial charge in [-0.1, -0.05) is 88.9 Å². The summed E-state index contributed by atoms with van der Waals surface area (Å²) in [6, 6.07) is 10.1. The van der Waals surface area contributed by atoms with Crippen LogP contribution < -0.4 is 53.2 Å². The summed E-state index contributed by atoms with van der Waals surface area (Å²) in [5.74, 6) is -5.48. The number of aromatic carboxylic acids is 1. The summed E-state index contributed by atoms with van der Waals surface area (Å²) in [7, 11) is 0. The van der Waals surface area contributed by atoms with Gasteiger partial charge in [0.05, 0.1) is 39.2 Å². The fourth-order valence-corrected chi connectivity index (χ4v) is 23.4. The Bertz CT molecular complexity index is 5460. The van der Waals surface area contributed by atoms with Gasteiger partial charge in [0.15, 0.2) is 12.2 Å². The number of aliphatic hydroxyl groups is 2. The van der Waals surface area contributed by atoms with E-state index in [9.17, 15) is 72.5 Å². The lowest BCUT2D eigenvalue weighted by atomic mass is 9.90. The predicted molar refractivity (Wildman–Crippen MR) is 471 cm³/mol. The second kappa shape index (κ2) is 35.5.